The predicted molar refractivity (Wildman–Crippen MR) is 89.0 cm³/mol. The molecular weight excluding hydrogens is 332 g/mol. The third kappa shape index (κ3) is 3.28. The van der Waals surface area contributed by atoms with E-state index in [9.17, 15) is 4.79 Å². The minimum Gasteiger partial charge on any atom is -0.267 e. The second-order valence-corrected chi connectivity index (χ2v) is 6.27. The molecule has 2 heterocycles. The van der Waals surface area contributed by atoms with Crippen molar-refractivity contribution in [2.24, 2.45) is 0 Å². The standard InChI is InChI=1S/C16H13ClN4OS/c1-10-14(23-16-18-8-3-9-19-16)11(2)21(20-10)15(22)12-4-6-13(17)7-5-12/h3-9H,1-2H3. The molecule has 0 aliphatic heterocycles. The van der Waals surface area contributed by atoms with E-state index >= 15 is 0 Å². The number of halogens is 1. The van der Waals surface area contributed by atoms with Crippen LogP contribution in [0, 0.1) is 13.8 Å². The molecule has 0 atom stereocenters. The third-order valence-corrected chi connectivity index (χ3v) is 4.68. The zero-order valence-electron chi connectivity index (χ0n) is 12.5. The fraction of sp³-hybridized carbons (Fsp3) is 0.125. The van der Waals surface area contributed by atoms with E-state index < -0.39 is 0 Å². The van der Waals surface area contributed by atoms with Gasteiger partial charge < -0.3 is 0 Å². The highest BCUT2D eigenvalue weighted by Crippen LogP contribution is 2.30. The number of hydrogen-bond donors (Lipinski definition) is 0. The van der Waals surface area contributed by atoms with Gasteiger partial charge in [0.15, 0.2) is 5.16 Å². The lowest BCUT2D eigenvalue weighted by atomic mass is 10.2. The quantitative estimate of drug-likeness (QED) is 0.676. The first-order chi connectivity index (χ1) is 11.1. The summed E-state index contributed by atoms with van der Waals surface area (Å²) in [6, 6.07) is 8.52. The lowest BCUT2D eigenvalue weighted by Crippen LogP contribution is -2.15. The van der Waals surface area contributed by atoms with Gasteiger partial charge in [0.1, 0.15) is 0 Å². The van der Waals surface area contributed by atoms with Gasteiger partial charge in [-0.1, -0.05) is 11.6 Å². The van der Waals surface area contributed by atoms with Gasteiger partial charge in [-0.2, -0.15) is 9.78 Å². The second-order valence-electron chi connectivity index (χ2n) is 4.86. The molecular formula is C16H13ClN4OS. The Morgan fingerprint density at radius 2 is 1.78 bits per heavy atom. The molecule has 7 heteroatoms. The minimum absolute atomic E-state index is 0.192. The van der Waals surface area contributed by atoms with Crippen LogP contribution < -0.4 is 0 Å². The molecule has 1 aromatic carbocycles. The van der Waals surface area contributed by atoms with Crippen LogP contribution in [0.2, 0.25) is 5.02 Å². The fourth-order valence-electron chi connectivity index (χ4n) is 2.12. The number of benzene rings is 1. The van der Waals surface area contributed by atoms with Crippen molar-refractivity contribution in [1.82, 2.24) is 19.7 Å². The number of nitrogens with zero attached hydrogens (tertiary/aromatic N) is 4. The lowest BCUT2D eigenvalue weighted by Gasteiger charge is -2.04. The average Bonchev–Trinajstić information content (AvgIpc) is 2.84. The fourth-order valence-corrected chi connectivity index (χ4v) is 3.08. The van der Waals surface area contributed by atoms with Crippen molar-refractivity contribution in [3.8, 4) is 0 Å². The summed E-state index contributed by atoms with van der Waals surface area (Å²) in [5, 5.41) is 5.58. The van der Waals surface area contributed by atoms with Crippen LogP contribution in [0.1, 0.15) is 21.7 Å². The first kappa shape index (κ1) is 15.7. The van der Waals surface area contributed by atoms with Crippen LogP contribution in [0.15, 0.2) is 52.8 Å². The third-order valence-electron chi connectivity index (χ3n) is 3.24. The van der Waals surface area contributed by atoms with Gasteiger partial charge >= 0.3 is 0 Å². The van der Waals surface area contributed by atoms with Gasteiger partial charge in [-0.25, -0.2) is 9.97 Å². The summed E-state index contributed by atoms with van der Waals surface area (Å²) in [4.78, 5) is 21.9. The Morgan fingerprint density at radius 3 is 2.43 bits per heavy atom. The van der Waals surface area contributed by atoms with Gasteiger partial charge in [-0.15, -0.1) is 0 Å². The topological polar surface area (TPSA) is 60.7 Å². The Bertz CT molecular complexity index is 847. The van der Waals surface area contributed by atoms with E-state index in [0.717, 1.165) is 16.3 Å². The van der Waals surface area contributed by atoms with E-state index in [1.807, 2.05) is 13.8 Å². The Kier molecular flexibility index (Phi) is 4.45. The van der Waals surface area contributed by atoms with Crippen LogP contribution in [0.4, 0.5) is 0 Å². The van der Waals surface area contributed by atoms with Gasteiger partial charge in [0.05, 0.1) is 16.3 Å². The smallest absolute Gasteiger partial charge is 0.267 e. The number of aromatic nitrogens is 4. The molecule has 0 N–H and O–H groups in total. The summed E-state index contributed by atoms with van der Waals surface area (Å²) in [7, 11) is 0. The highest BCUT2D eigenvalue weighted by Gasteiger charge is 2.19. The monoisotopic (exact) mass is 344 g/mol. The summed E-state index contributed by atoms with van der Waals surface area (Å²) < 4.78 is 1.41. The number of carbonyl (C=O) groups is 1. The Balaban J connectivity index is 1.94. The summed E-state index contributed by atoms with van der Waals surface area (Å²) in [6.45, 7) is 3.73. The van der Waals surface area contributed by atoms with Crippen LogP contribution in [-0.4, -0.2) is 25.7 Å². The number of carbonyl (C=O) groups excluding carboxylic acids is 1. The average molecular weight is 345 g/mol. The molecule has 116 valence electrons. The zero-order chi connectivity index (χ0) is 16.4. The van der Waals surface area contributed by atoms with Crippen molar-refractivity contribution in [2.75, 3.05) is 0 Å². The second kappa shape index (κ2) is 6.52. The molecule has 0 aliphatic carbocycles. The van der Waals surface area contributed by atoms with Gasteiger partial charge in [0.25, 0.3) is 5.91 Å². The zero-order valence-corrected chi connectivity index (χ0v) is 14.1. The van der Waals surface area contributed by atoms with Crippen LogP contribution in [0.5, 0.6) is 0 Å². The van der Waals surface area contributed by atoms with Crippen molar-refractivity contribution in [2.45, 2.75) is 23.9 Å². The summed E-state index contributed by atoms with van der Waals surface area (Å²) in [6.07, 6.45) is 3.37. The number of rotatable bonds is 3. The van der Waals surface area contributed by atoms with Crippen molar-refractivity contribution < 1.29 is 4.79 Å². The molecule has 0 amide bonds. The molecule has 0 saturated heterocycles. The van der Waals surface area contributed by atoms with E-state index in [4.69, 9.17) is 11.6 Å². The van der Waals surface area contributed by atoms with Gasteiger partial charge in [0.2, 0.25) is 0 Å². The molecule has 23 heavy (non-hydrogen) atoms. The first-order valence-corrected chi connectivity index (χ1v) is 8.07. The van der Waals surface area contributed by atoms with Gasteiger partial charge in [0, 0.05) is 23.0 Å². The molecule has 3 aromatic rings. The maximum absolute atomic E-state index is 12.6. The highest BCUT2D eigenvalue weighted by molar-refractivity contribution is 7.99. The summed E-state index contributed by atoms with van der Waals surface area (Å²) >= 11 is 7.26. The van der Waals surface area contributed by atoms with Crippen LogP contribution in [-0.2, 0) is 0 Å². The molecule has 0 saturated carbocycles. The molecule has 3 rings (SSSR count). The Labute approximate surface area is 142 Å². The number of hydrogen-bond acceptors (Lipinski definition) is 5. The molecule has 2 aromatic heterocycles. The van der Waals surface area contributed by atoms with E-state index in [-0.39, 0.29) is 5.91 Å². The highest BCUT2D eigenvalue weighted by atomic mass is 35.5. The maximum atomic E-state index is 12.6. The lowest BCUT2D eigenvalue weighted by molar-refractivity contribution is 0.0942. The maximum Gasteiger partial charge on any atom is 0.278 e. The molecule has 0 unspecified atom stereocenters. The Morgan fingerprint density at radius 1 is 1.13 bits per heavy atom. The Hall–Kier alpha value is -2.18. The SMILES string of the molecule is Cc1nn(C(=O)c2ccc(Cl)cc2)c(C)c1Sc1ncccn1. The largest absolute Gasteiger partial charge is 0.278 e. The van der Waals surface area contributed by atoms with E-state index in [1.54, 1.807) is 42.7 Å². The normalized spacial score (nSPS) is 10.7. The molecule has 5 nitrogen and oxygen atoms in total. The first-order valence-electron chi connectivity index (χ1n) is 6.87. The van der Waals surface area contributed by atoms with E-state index in [2.05, 4.69) is 15.1 Å². The predicted octanol–water partition coefficient (Wildman–Crippen LogP) is 3.78. The van der Waals surface area contributed by atoms with Gasteiger partial charge in [-0.3, -0.25) is 4.79 Å². The molecule has 0 spiro atoms. The van der Waals surface area contributed by atoms with E-state index in [0.29, 0.717) is 15.7 Å². The molecule has 0 radical (unpaired) electrons. The molecule has 0 fully saturated rings. The summed E-state index contributed by atoms with van der Waals surface area (Å²) in [5.74, 6) is -0.192. The van der Waals surface area contributed by atoms with E-state index in [1.165, 1.54) is 16.4 Å². The van der Waals surface area contributed by atoms with Crippen molar-refractivity contribution in [3.63, 3.8) is 0 Å². The number of aryl methyl sites for hydroxylation is 1. The minimum atomic E-state index is -0.192. The van der Waals surface area contributed by atoms with Crippen molar-refractivity contribution in [1.29, 1.82) is 0 Å². The molecule has 0 aliphatic rings. The van der Waals surface area contributed by atoms with Crippen molar-refractivity contribution in [3.05, 3.63) is 64.7 Å². The van der Waals surface area contributed by atoms with Gasteiger partial charge in [-0.05, 0) is 55.9 Å². The van der Waals surface area contributed by atoms with Crippen LogP contribution in [0.3, 0.4) is 0 Å². The van der Waals surface area contributed by atoms with Crippen LogP contribution in [0.25, 0.3) is 0 Å². The van der Waals surface area contributed by atoms with Crippen LogP contribution >= 0.6 is 23.4 Å². The summed E-state index contributed by atoms with van der Waals surface area (Å²) in [5.41, 5.74) is 2.06. The van der Waals surface area contributed by atoms with Crippen molar-refractivity contribution >= 4 is 29.3 Å². The molecule has 0 bridgehead atoms.